The lowest BCUT2D eigenvalue weighted by atomic mass is 11.0. The summed E-state index contributed by atoms with van der Waals surface area (Å²) in [5.74, 6) is 2.31. The third-order valence-corrected chi connectivity index (χ3v) is 3.43. The van der Waals surface area contributed by atoms with Crippen molar-refractivity contribution in [2.24, 2.45) is 0 Å². The van der Waals surface area contributed by atoms with Crippen LogP contribution in [0.25, 0.3) is 0 Å². The van der Waals surface area contributed by atoms with Crippen LogP contribution in [0, 0.1) is 0 Å². The summed E-state index contributed by atoms with van der Waals surface area (Å²) < 4.78 is 0. The van der Waals surface area contributed by atoms with E-state index in [-0.39, 0.29) is 11.9 Å². The Balaban J connectivity index is 2.60. The van der Waals surface area contributed by atoms with Crippen molar-refractivity contribution < 1.29 is 10.2 Å². The molecule has 0 heterocycles. The van der Waals surface area contributed by atoms with Gasteiger partial charge in [0.2, 0.25) is 0 Å². The summed E-state index contributed by atoms with van der Waals surface area (Å²) in [5.41, 5.74) is 0. The minimum absolute atomic E-state index is 0.175. The minimum Gasteiger partial charge on any atom is -0.386 e. The van der Waals surface area contributed by atoms with Gasteiger partial charge in [-0.25, -0.2) is 0 Å². The Kier molecular flexibility index (Phi) is 9.94. The predicted octanol–water partition coefficient (Wildman–Crippen LogP) is 1.00. The molecular formula is C4H10O2S3. The van der Waals surface area contributed by atoms with Crippen LogP contribution >= 0.6 is 33.3 Å². The Bertz CT molecular complexity index is 47.1. The zero-order chi connectivity index (χ0) is 6.95. The number of rotatable bonds is 6. The van der Waals surface area contributed by atoms with Gasteiger partial charge in [0, 0.05) is 11.5 Å². The van der Waals surface area contributed by atoms with Gasteiger partial charge in [-0.2, -0.15) is 0 Å². The average molecular weight is 186 g/mol. The molecule has 0 aliphatic heterocycles. The monoisotopic (exact) mass is 186 g/mol. The van der Waals surface area contributed by atoms with Gasteiger partial charge in [0.05, 0.1) is 11.9 Å². The first-order chi connectivity index (χ1) is 4.41. The van der Waals surface area contributed by atoms with E-state index in [1.807, 2.05) is 0 Å². The van der Waals surface area contributed by atoms with E-state index in [9.17, 15) is 0 Å². The maximum Gasteiger partial charge on any atom is 0.0987 e. The number of aliphatic hydroxyl groups is 2. The molecule has 2 N–H and O–H groups in total. The molecule has 9 heavy (non-hydrogen) atoms. The lowest BCUT2D eigenvalue weighted by Gasteiger charge is -1.95. The molecule has 0 saturated heterocycles. The largest absolute Gasteiger partial charge is 0.386 e. The number of hydrogen-bond acceptors (Lipinski definition) is 5. The van der Waals surface area contributed by atoms with E-state index in [4.69, 9.17) is 10.2 Å². The van der Waals surface area contributed by atoms with Crippen LogP contribution in [0.1, 0.15) is 0 Å². The highest BCUT2D eigenvalue weighted by atomic mass is 33.1. The van der Waals surface area contributed by atoms with Crippen LogP contribution in [-0.2, 0) is 0 Å². The molecule has 0 spiro atoms. The van der Waals surface area contributed by atoms with Crippen molar-refractivity contribution in [2.45, 2.75) is 0 Å². The highest BCUT2D eigenvalue weighted by Crippen LogP contribution is 2.20. The molecule has 0 fully saturated rings. The Morgan fingerprint density at radius 2 is 1.67 bits per heavy atom. The second kappa shape index (κ2) is 8.97. The first-order valence-corrected chi connectivity index (χ1v) is 6.10. The zero-order valence-electron chi connectivity index (χ0n) is 4.95. The zero-order valence-corrected chi connectivity index (χ0v) is 7.40. The summed E-state index contributed by atoms with van der Waals surface area (Å²) in [6.07, 6.45) is 0. The van der Waals surface area contributed by atoms with Crippen molar-refractivity contribution in [1.82, 2.24) is 0 Å². The van der Waals surface area contributed by atoms with Crippen molar-refractivity contribution in [3.8, 4) is 0 Å². The fourth-order valence-corrected chi connectivity index (χ4v) is 2.51. The fraction of sp³-hybridized carbons (Fsp3) is 1.00. The molecule has 0 bridgehead atoms. The molecule has 0 aromatic rings. The van der Waals surface area contributed by atoms with Crippen LogP contribution in [-0.4, -0.2) is 33.6 Å². The molecule has 5 heteroatoms. The summed E-state index contributed by atoms with van der Waals surface area (Å²) in [5, 5.41) is 16.6. The second-order valence-electron chi connectivity index (χ2n) is 1.11. The molecular weight excluding hydrogens is 176 g/mol. The van der Waals surface area contributed by atoms with Crippen LogP contribution in [0.15, 0.2) is 0 Å². The summed E-state index contributed by atoms with van der Waals surface area (Å²) in [4.78, 5) is 0. The van der Waals surface area contributed by atoms with Gasteiger partial charge >= 0.3 is 0 Å². The van der Waals surface area contributed by atoms with Crippen molar-refractivity contribution in [1.29, 1.82) is 0 Å². The van der Waals surface area contributed by atoms with Crippen LogP contribution in [0.5, 0.6) is 0 Å². The SMILES string of the molecule is OCSCCSSCO. The second-order valence-corrected chi connectivity index (χ2v) is 4.73. The maximum absolute atomic E-state index is 8.32. The Hall–Kier alpha value is 0.970. The standard InChI is InChI=1S/C4H10O2S3/c5-3-7-1-2-8-9-4-6/h5-6H,1-4H2. The van der Waals surface area contributed by atoms with Crippen LogP contribution in [0.2, 0.25) is 0 Å². The molecule has 0 saturated carbocycles. The average Bonchev–Trinajstić information content (AvgIpc) is 1.89. The van der Waals surface area contributed by atoms with Gasteiger partial charge in [0.1, 0.15) is 0 Å². The molecule has 56 valence electrons. The molecule has 0 unspecified atom stereocenters. The molecule has 0 aromatic carbocycles. The summed E-state index contributed by atoms with van der Waals surface area (Å²) in [6, 6.07) is 0. The minimum atomic E-state index is 0.175. The van der Waals surface area contributed by atoms with Gasteiger partial charge in [-0.05, 0) is 0 Å². The summed E-state index contributed by atoms with van der Waals surface area (Å²) in [6.45, 7) is 0. The molecule has 0 atom stereocenters. The normalized spacial score (nSPS) is 10.0. The lowest BCUT2D eigenvalue weighted by molar-refractivity contribution is 0.375. The van der Waals surface area contributed by atoms with Crippen molar-refractivity contribution in [2.75, 3.05) is 23.4 Å². The van der Waals surface area contributed by atoms with Crippen LogP contribution in [0.3, 0.4) is 0 Å². The van der Waals surface area contributed by atoms with Crippen LogP contribution in [0.4, 0.5) is 0 Å². The highest BCUT2D eigenvalue weighted by Gasteiger charge is 1.87. The quantitative estimate of drug-likeness (QED) is 0.368. The van der Waals surface area contributed by atoms with Gasteiger partial charge in [-0.15, -0.1) is 11.8 Å². The van der Waals surface area contributed by atoms with Crippen molar-refractivity contribution in [3.63, 3.8) is 0 Å². The van der Waals surface area contributed by atoms with E-state index < -0.39 is 0 Å². The number of hydrogen-bond donors (Lipinski definition) is 2. The van der Waals surface area contributed by atoms with Crippen LogP contribution < -0.4 is 0 Å². The van der Waals surface area contributed by atoms with E-state index >= 15 is 0 Å². The predicted molar refractivity (Wildman–Crippen MR) is 46.7 cm³/mol. The smallest absolute Gasteiger partial charge is 0.0987 e. The third kappa shape index (κ3) is 8.97. The van der Waals surface area contributed by atoms with Crippen molar-refractivity contribution >= 4 is 33.3 Å². The van der Waals surface area contributed by atoms with Gasteiger partial charge in [0.15, 0.2) is 0 Å². The Morgan fingerprint density at radius 1 is 0.889 bits per heavy atom. The summed E-state index contributed by atoms with van der Waals surface area (Å²) >= 11 is 1.50. The van der Waals surface area contributed by atoms with Gasteiger partial charge in [-0.1, -0.05) is 21.6 Å². The molecule has 2 nitrogen and oxygen atoms in total. The first-order valence-electron chi connectivity index (χ1n) is 2.45. The molecule has 0 aromatic heterocycles. The molecule has 0 rings (SSSR count). The maximum atomic E-state index is 8.32. The van der Waals surface area contributed by atoms with E-state index in [1.54, 1.807) is 10.8 Å². The van der Waals surface area contributed by atoms with Gasteiger partial charge < -0.3 is 10.2 Å². The Morgan fingerprint density at radius 3 is 2.22 bits per heavy atom. The topological polar surface area (TPSA) is 40.5 Å². The fourth-order valence-electron chi connectivity index (χ4n) is 0.254. The van der Waals surface area contributed by atoms with E-state index in [1.165, 1.54) is 22.6 Å². The van der Waals surface area contributed by atoms with Gasteiger partial charge in [-0.3, -0.25) is 0 Å². The first kappa shape index (κ1) is 9.97. The molecule has 0 amide bonds. The van der Waals surface area contributed by atoms with Crippen molar-refractivity contribution in [3.05, 3.63) is 0 Å². The molecule has 0 aliphatic rings. The van der Waals surface area contributed by atoms with E-state index in [0.717, 1.165) is 11.5 Å². The number of aliphatic hydroxyl groups excluding tert-OH is 2. The van der Waals surface area contributed by atoms with Gasteiger partial charge in [0.25, 0.3) is 0 Å². The number of thioether (sulfide) groups is 1. The summed E-state index contributed by atoms with van der Waals surface area (Å²) in [7, 11) is 3.06. The third-order valence-electron chi connectivity index (χ3n) is 0.538. The Labute approximate surface area is 67.2 Å². The lowest BCUT2D eigenvalue weighted by Crippen LogP contribution is -1.83. The molecule has 0 aliphatic carbocycles. The van der Waals surface area contributed by atoms with E-state index in [2.05, 4.69) is 0 Å². The highest BCUT2D eigenvalue weighted by molar-refractivity contribution is 8.76. The van der Waals surface area contributed by atoms with E-state index in [0.29, 0.717) is 0 Å². The molecule has 0 radical (unpaired) electrons.